The van der Waals surface area contributed by atoms with Gasteiger partial charge in [-0.3, -0.25) is 9.59 Å². The molecule has 2 aromatic rings. The van der Waals surface area contributed by atoms with E-state index in [2.05, 4.69) is 5.32 Å². The van der Waals surface area contributed by atoms with Gasteiger partial charge in [-0.15, -0.1) is 0 Å². The fraction of sp³-hybridized carbons (Fsp3) is 0.222. The monoisotopic (exact) mass is 328 g/mol. The van der Waals surface area contributed by atoms with Crippen molar-refractivity contribution in [1.82, 2.24) is 0 Å². The highest BCUT2D eigenvalue weighted by Gasteiger charge is 2.21. The minimum atomic E-state index is -0.734. The van der Waals surface area contributed by atoms with Gasteiger partial charge in [0.1, 0.15) is 0 Å². The van der Waals surface area contributed by atoms with Crippen molar-refractivity contribution < 1.29 is 19.1 Å². The van der Waals surface area contributed by atoms with E-state index in [9.17, 15) is 9.59 Å². The van der Waals surface area contributed by atoms with Crippen molar-refractivity contribution in [2.45, 2.75) is 19.4 Å². The van der Waals surface area contributed by atoms with Gasteiger partial charge in [-0.2, -0.15) is 0 Å². The number of rotatable bonds is 7. The van der Waals surface area contributed by atoms with Crippen LogP contribution in [0.15, 0.2) is 48.5 Å². The van der Waals surface area contributed by atoms with Gasteiger partial charge in [-0.25, -0.2) is 0 Å². The van der Waals surface area contributed by atoms with Gasteiger partial charge in [-0.05, 0) is 30.7 Å². The Morgan fingerprint density at radius 2 is 1.71 bits per heavy atom. The number of carbonyl (C=O) groups excluding carboxylic acids is 2. The summed E-state index contributed by atoms with van der Waals surface area (Å²) in [7, 11) is 1.53. The molecule has 3 N–H and O–H groups in total. The molecule has 6 heteroatoms. The molecule has 0 bridgehead atoms. The Kier molecular flexibility index (Phi) is 5.78. The van der Waals surface area contributed by atoms with Gasteiger partial charge in [0, 0.05) is 0 Å². The van der Waals surface area contributed by atoms with Crippen LogP contribution in [0.5, 0.6) is 11.5 Å². The molecule has 6 nitrogen and oxygen atoms in total. The second-order valence-electron chi connectivity index (χ2n) is 5.06. The van der Waals surface area contributed by atoms with Crippen LogP contribution in [-0.2, 0) is 4.79 Å². The molecule has 0 aliphatic heterocycles. The lowest BCUT2D eigenvalue weighted by atomic mass is 10.1. The number of nitrogens with two attached hydrogens (primary N) is 1. The van der Waals surface area contributed by atoms with Crippen molar-refractivity contribution in [2.24, 2.45) is 5.73 Å². The summed E-state index contributed by atoms with van der Waals surface area (Å²) >= 11 is 0. The molecule has 0 aliphatic carbocycles. The van der Waals surface area contributed by atoms with E-state index in [1.807, 2.05) is 13.0 Å². The van der Waals surface area contributed by atoms with E-state index >= 15 is 0 Å². The number of anilines is 1. The molecule has 0 saturated heterocycles. The van der Waals surface area contributed by atoms with E-state index in [1.54, 1.807) is 42.5 Å². The van der Waals surface area contributed by atoms with Crippen LogP contribution in [0.25, 0.3) is 0 Å². The Balaban J connectivity index is 2.16. The van der Waals surface area contributed by atoms with Gasteiger partial charge < -0.3 is 20.5 Å². The number of benzene rings is 2. The van der Waals surface area contributed by atoms with Crippen molar-refractivity contribution >= 4 is 17.5 Å². The van der Waals surface area contributed by atoms with Crippen LogP contribution in [0.2, 0.25) is 0 Å². The molecule has 0 radical (unpaired) electrons. The first-order valence-corrected chi connectivity index (χ1v) is 7.56. The van der Waals surface area contributed by atoms with Crippen LogP contribution in [0, 0.1) is 0 Å². The lowest BCUT2D eigenvalue weighted by Crippen LogP contribution is -2.33. The molecule has 2 rings (SSSR count). The number of hydrogen-bond donors (Lipinski definition) is 2. The Labute approximate surface area is 140 Å². The number of methoxy groups -OCH3 is 1. The number of para-hydroxylation sites is 3. The van der Waals surface area contributed by atoms with Gasteiger partial charge in [-0.1, -0.05) is 31.2 Å². The zero-order valence-electron chi connectivity index (χ0n) is 13.6. The van der Waals surface area contributed by atoms with Crippen molar-refractivity contribution in [3.63, 3.8) is 0 Å². The summed E-state index contributed by atoms with van der Waals surface area (Å²) in [6.07, 6.45) is -0.287. The van der Waals surface area contributed by atoms with Crippen molar-refractivity contribution in [1.29, 1.82) is 0 Å². The molecular formula is C18H20N2O4. The van der Waals surface area contributed by atoms with Crippen LogP contribution in [-0.4, -0.2) is 25.0 Å². The van der Waals surface area contributed by atoms with E-state index in [-0.39, 0.29) is 11.5 Å². The molecule has 0 heterocycles. The number of ether oxygens (including phenoxy) is 2. The maximum atomic E-state index is 12.5. The zero-order valence-corrected chi connectivity index (χ0v) is 13.6. The highest BCUT2D eigenvalue weighted by atomic mass is 16.5. The van der Waals surface area contributed by atoms with Crippen molar-refractivity contribution in [2.75, 3.05) is 12.4 Å². The fourth-order valence-corrected chi connectivity index (χ4v) is 2.21. The molecule has 126 valence electrons. The molecule has 1 atom stereocenters. The number of hydrogen-bond acceptors (Lipinski definition) is 4. The summed E-state index contributed by atoms with van der Waals surface area (Å²) in [5.74, 6) is 0.0492. The van der Waals surface area contributed by atoms with Gasteiger partial charge in [0.05, 0.1) is 18.4 Å². The Bertz CT molecular complexity index is 730. The third kappa shape index (κ3) is 4.04. The molecule has 2 aromatic carbocycles. The summed E-state index contributed by atoms with van der Waals surface area (Å²) < 4.78 is 11.0. The van der Waals surface area contributed by atoms with Gasteiger partial charge >= 0.3 is 0 Å². The first-order chi connectivity index (χ1) is 11.6. The van der Waals surface area contributed by atoms with E-state index in [4.69, 9.17) is 15.2 Å². The molecule has 2 amide bonds. The summed E-state index contributed by atoms with van der Waals surface area (Å²) in [4.78, 5) is 23.9. The van der Waals surface area contributed by atoms with Crippen LogP contribution >= 0.6 is 0 Å². The largest absolute Gasteiger partial charge is 0.493 e. The van der Waals surface area contributed by atoms with Crippen molar-refractivity contribution in [3.05, 3.63) is 54.1 Å². The Hall–Kier alpha value is -3.02. The maximum absolute atomic E-state index is 12.5. The molecule has 1 unspecified atom stereocenters. The number of amides is 2. The molecule has 0 aliphatic rings. The lowest BCUT2D eigenvalue weighted by Gasteiger charge is -2.19. The number of nitrogens with one attached hydrogen (secondary N) is 1. The third-order valence-electron chi connectivity index (χ3n) is 3.45. The quantitative estimate of drug-likeness (QED) is 0.817. The standard InChI is InChI=1S/C18H20N2O4/c1-3-14(24-16-11-7-6-10-15(16)23-2)18(22)20-13-9-5-4-8-12(13)17(19)21/h4-11,14H,3H2,1-2H3,(H2,19,21)(H,20,22). The molecule has 0 fully saturated rings. The van der Waals surface area contributed by atoms with Crippen LogP contribution < -0.4 is 20.5 Å². The highest BCUT2D eigenvalue weighted by Crippen LogP contribution is 2.27. The molecular weight excluding hydrogens is 308 g/mol. The van der Waals surface area contributed by atoms with E-state index in [0.717, 1.165) is 0 Å². The summed E-state index contributed by atoms with van der Waals surface area (Å²) in [6, 6.07) is 13.7. The second-order valence-corrected chi connectivity index (χ2v) is 5.06. The molecule has 0 aromatic heterocycles. The number of primary amides is 1. The average Bonchev–Trinajstić information content (AvgIpc) is 2.60. The molecule has 0 saturated carbocycles. The van der Waals surface area contributed by atoms with E-state index in [0.29, 0.717) is 23.6 Å². The van der Waals surface area contributed by atoms with Crippen molar-refractivity contribution in [3.8, 4) is 11.5 Å². The minimum Gasteiger partial charge on any atom is -0.493 e. The van der Waals surface area contributed by atoms with Gasteiger partial charge in [0.15, 0.2) is 17.6 Å². The summed E-state index contributed by atoms with van der Waals surface area (Å²) in [5.41, 5.74) is 5.93. The molecule has 0 spiro atoms. The first kappa shape index (κ1) is 17.3. The van der Waals surface area contributed by atoms with Crippen LogP contribution in [0.1, 0.15) is 23.7 Å². The minimum absolute atomic E-state index is 0.248. The summed E-state index contributed by atoms with van der Waals surface area (Å²) in [6.45, 7) is 1.83. The number of carbonyl (C=O) groups is 2. The Morgan fingerprint density at radius 3 is 2.33 bits per heavy atom. The third-order valence-corrected chi connectivity index (χ3v) is 3.45. The molecule has 24 heavy (non-hydrogen) atoms. The zero-order chi connectivity index (χ0) is 17.5. The average molecular weight is 328 g/mol. The van der Waals surface area contributed by atoms with Crippen LogP contribution in [0.4, 0.5) is 5.69 Å². The predicted molar refractivity (Wildman–Crippen MR) is 91.3 cm³/mol. The SMILES string of the molecule is CCC(Oc1ccccc1OC)C(=O)Nc1ccccc1C(N)=O. The van der Waals surface area contributed by atoms with Gasteiger partial charge in [0.2, 0.25) is 0 Å². The van der Waals surface area contributed by atoms with E-state index in [1.165, 1.54) is 7.11 Å². The smallest absolute Gasteiger partial charge is 0.265 e. The fourth-order valence-electron chi connectivity index (χ4n) is 2.21. The maximum Gasteiger partial charge on any atom is 0.265 e. The van der Waals surface area contributed by atoms with Crippen LogP contribution in [0.3, 0.4) is 0 Å². The summed E-state index contributed by atoms with van der Waals surface area (Å²) in [5, 5.41) is 2.70. The van der Waals surface area contributed by atoms with Gasteiger partial charge in [0.25, 0.3) is 11.8 Å². The topological polar surface area (TPSA) is 90.7 Å². The highest BCUT2D eigenvalue weighted by molar-refractivity contribution is 6.04. The Morgan fingerprint density at radius 1 is 1.08 bits per heavy atom. The first-order valence-electron chi connectivity index (χ1n) is 7.56. The second kappa shape index (κ2) is 8.01. The normalized spacial score (nSPS) is 11.4. The van der Waals surface area contributed by atoms with E-state index < -0.39 is 12.0 Å². The lowest BCUT2D eigenvalue weighted by molar-refractivity contribution is -0.122. The predicted octanol–water partition coefficient (Wildman–Crippen LogP) is 2.59.